The Morgan fingerprint density at radius 3 is 2.56 bits per heavy atom. The lowest BCUT2D eigenvalue weighted by molar-refractivity contribution is 0.0732. The Labute approximate surface area is 191 Å². The quantitative estimate of drug-likeness (QED) is 0.641. The highest BCUT2D eigenvalue weighted by Crippen LogP contribution is 2.30. The first-order chi connectivity index (χ1) is 15.6. The first kappa shape index (κ1) is 20.7. The summed E-state index contributed by atoms with van der Waals surface area (Å²) in [6, 6.07) is 13.2. The number of benzene rings is 2. The van der Waals surface area contributed by atoms with E-state index in [0.717, 1.165) is 49.0 Å². The van der Waals surface area contributed by atoms with Crippen molar-refractivity contribution in [3.8, 4) is 5.69 Å². The topological polar surface area (TPSA) is 80.1 Å². The minimum atomic E-state index is -0.168. The molecule has 7 nitrogen and oxygen atoms in total. The van der Waals surface area contributed by atoms with Gasteiger partial charge in [-0.3, -0.25) is 14.2 Å². The molecule has 1 N–H and O–H groups in total. The Bertz CT molecular complexity index is 1140. The van der Waals surface area contributed by atoms with Crippen molar-refractivity contribution in [3.05, 3.63) is 76.8 Å². The van der Waals surface area contributed by atoms with Crippen molar-refractivity contribution in [3.63, 3.8) is 0 Å². The first-order valence-electron chi connectivity index (χ1n) is 10.9. The molecule has 8 heteroatoms. The zero-order valence-corrected chi connectivity index (χ0v) is 18.3. The fraction of sp³-hybridized carbons (Fsp3) is 0.333. The highest BCUT2D eigenvalue weighted by atomic mass is 35.5. The van der Waals surface area contributed by atoms with Gasteiger partial charge in [-0.1, -0.05) is 29.8 Å². The van der Waals surface area contributed by atoms with Gasteiger partial charge in [-0.05, 0) is 61.4 Å². The van der Waals surface area contributed by atoms with Gasteiger partial charge in [-0.15, -0.1) is 10.2 Å². The number of nitrogens with one attached hydrogen (secondary N) is 1. The molecular weight excluding hydrogens is 426 g/mol. The molecule has 0 saturated heterocycles. The van der Waals surface area contributed by atoms with Gasteiger partial charge in [0.05, 0.1) is 10.6 Å². The van der Waals surface area contributed by atoms with Gasteiger partial charge in [0, 0.05) is 30.4 Å². The number of aromatic nitrogens is 3. The van der Waals surface area contributed by atoms with Crippen molar-refractivity contribution >= 4 is 23.4 Å². The third-order valence-corrected chi connectivity index (χ3v) is 6.80. The van der Waals surface area contributed by atoms with E-state index in [0.29, 0.717) is 23.0 Å². The number of hydrogen-bond acceptors (Lipinski definition) is 4. The summed E-state index contributed by atoms with van der Waals surface area (Å²) in [6.07, 6.45) is 6.92. The van der Waals surface area contributed by atoms with Crippen LogP contribution in [0.4, 0.5) is 0 Å². The highest BCUT2D eigenvalue weighted by molar-refractivity contribution is 6.33. The molecule has 32 heavy (non-hydrogen) atoms. The van der Waals surface area contributed by atoms with Crippen LogP contribution in [-0.4, -0.2) is 44.1 Å². The zero-order valence-electron chi connectivity index (χ0n) is 17.6. The molecule has 0 spiro atoms. The van der Waals surface area contributed by atoms with E-state index in [-0.39, 0.29) is 17.9 Å². The maximum atomic E-state index is 12.9. The third kappa shape index (κ3) is 4.12. The second kappa shape index (κ2) is 8.74. The van der Waals surface area contributed by atoms with Crippen molar-refractivity contribution in [1.29, 1.82) is 0 Å². The normalized spacial score (nSPS) is 20.3. The van der Waals surface area contributed by atoms with E-state index in [1.807, 2.05) is 35.2 Å². The molecule has 0 radical (unpaired) electrons. The molecular formula is C24H24ClN5O2. The second-order valence-corrected chi connectivity index (χ2v) is 8.97. The van der Waals surface area contributed by atoms with Gasteiger partial charge in [-0.2, -0.15) is 0 Å². The van der Waals surface area contributed by atoms with E-state index in [1.54, 1.807) is 29.4 Å². The standard InChI is InChI=1S/C24H24ClN5O2/c25-22-10-9-19(30-14-26-27-15-30)11-21(22)23(31)28-18-7-5-16(6-8-18)12-29-13-17-3-1-2-4-20(17)24(29)32/h1-4,9-11,14-16,18H,5-8,12-13H2,(H,28,31). The van der Waals surface area contributed by atoms with Gasteiger partial charge in [0.15, 0.2) is 0 Å². The maximum Gasteiger partial charge on any atom is 0.254 e. The minimum Gasteiger partial charge on any atom is -0.349 e. The average molecular weight is 450 g/mol. The van der Waals surface area contributed by atoms with Crippen LogP contribution >= 0.6 is 11.6 Å². The van der Waals surface area contributed by atoms with Crippen LogP contribution in [0.1, 0.15) is 52.0 Å². The van der Waals surface area contributed by atoms with Crippen molar-refractivity contribution in [2.75, 3.05) is 6.54 Å². The van der Waals surface area contributed by atoms with E-state index in [9.17, 15) is 9.59 Å². The van der Waals surface area contributed by atoms with Gasteiger partial charge in [0.2, 0.25) is 0 Å². The summed E-state index contributed by atoms with van der Waals surface area (Å²) in [4.78, 5) is 27.5. The molecule has 2 aromatic carbocycles. The number of hydrogen-bond donors (Lipinski definition) is 1. The zero-order chi connectivity index (χ0) is 22.1. The average Bonchev–Trinajstić information content (AvgIpc) is 3.45. The number of carbonyl (C=O) groups excluding carboxylic acids is 2. The van der Waals surface area contributed by atoms with E-state index in [4.69, 9.17) is 11.6 Å². The first-order valence-corrected chi connectivity index (χ1v) is 11.3. The summed E-state index contributed by atoms with van der Waals surface area (Å²) in [7, 11) is 0. The van der Waals surface area contributed by atoms with Crippen molar-refractivity contribution in [2.45, 2.75) is 38.3 Å². The fourth-order valence-electron chi connectivity index (χ4n) is 4.71. The van der Waals surface area contributed by atoms with Gasteiger partial charge in [-0.25, -0.2) is 0 Å². The third-order valence-electron chi connectivity index (χ3n) is 6.47. The molecule has 5 rings (SSSR count). The number of nitrogens with zero attached hydrogens (tertiary/aromatic N) is 4. The van der Waals surface area contributed by atoms with Crippen LogP contribution in [0.25, 0.3) is 5.69 Å². The summed E-state index contributed by atoms with van der Waals surface area (Å²) in [5.74, 6) is 0.430. The SMILES string of the molecule is O=C(NC1CCC(CN2Cc3ccccc3C2=O)CC1)c1cc(-n2cnnc2)ccc1Cl. The molecule has 0 unspecified atom stereocenters. The Hall–Kier alpha value is -3.19. The monoisotopic (exact) mass is 449 g/mol. The predicted octanol–water partition coefficient (Wildman–Crippen LogP) is 3.87. The number of rotatable bonds is 5. The molecule has 164 valence electrons. The molecule has 0 atom stereocenters. The fourth-order valence-corrected chi connectivity index (χ4v) is 4.91. The van der Waals surface area contributed by atoms with Gasteiger partial charge in [0.1, 0.15) is 12.7 Å². The Kier molecular flexibility index (Phi) is 5.66. The summed E-state index contributed by atoms with van der Waals surface area (Å²) >= 11 is 6.30. The van der Waals surface area contributed by atoms with Crippen molar-refractivity contribution in [2.24, 2.45) is 5.92 Å². The van der Waals surface area contributed by atoms with Gasteiger partial charge >= 0.3 is 0 Å². The molecule has 1 aromatic heterocycles. The second-order valence-electron chi connectivity index (χ2n) is 8.57. The van der Waals surface area contributed by atoms with Gasteiger partial charge in [0.25, 0.3) is 11.8 Å². The molecule has 0 bridgehead atoms. The molecule has 1 aliphatic heterocycles. The lowest BCUT2D eigenvalue weighted by atomic mass is 9.85. The predicted molar refractivity (Wildman–Crippen MR) is 121 cm³/mol. The number of amides is 2. The summed E-state index contributed by atoms with van der Waals surface area (Å²) < 4.78 is 1.73. The van der Waals surface area contributed by atoms with E-state index >= 15 is 0 Å². The van der Waals surface area contributed by atoms with Crippen LogP contribution in [0.3, 0.4) is 0 Å². The van der Waals surface area contributed by atoms with Crippen molar-refractivity contribution < 1.29 is 9.59 Å². The molecule has 3 aromatic rings. The summed E-state index contributed by atoms with van der Waals surface area (Å²) in [6.45, 7) is 1.48. The molecule has 1 saturated carbocycles. The Morgan fingerprint density at radius 2 is 1.81 bits per heavy atom. The Morgan fingerprint density at radius 1 is 1.06 bits per heavy atom. The Balaban J connectivity index is 1.16. The van der Waals surface area contributed by atoms with Crippen molar-refractivity contribution in [1.82, 2.24) is 25.0 Å². The van der Waals surface area contributed by atoms with Crippen LogP contribution < -0.4 is 5.32 Å². The number of halogens is 1. The molecule has 1 fully saturated rings. The molecule has 2 amide bonds. The molecule has 2 aliphatic rings. The van der Waals surface area contributed by atoms with Crippen LogP contribution in [0.15, 0.2) is 55.1 Å². The van der Waals surface area contributed by atoms with Crippen LogP contribution in [0.5, 0.6) is 0 Å². The van der Waals surface area contributed by atoms with Crippen LogP contribution in [-0.2, 0) is 6.54 Å². The van der Waals surface area contributed by atoms with E-state index < -0.39 is 0 Å². The smallest absolute Gasteiger partial charge is 0.254 e. The van der Waals surface area contributed by atoms with E-state index in [2.05, 4.69) is 15.5 Å². The van der Waals surface area contributed by atoms with Crippen LogP contribution in [0.2, 0.25) is 5.02 Å². The molecule has 2 heterocycles. The van der Waals surface area contributed by atoms with E-state index in [1.165, 1.54) is 0 Å². The summed E-state index contributed by atoms with van der Waals surface area (Å²) in [5.41, 5.74) is 3.17. The number of carbonyl (C=O) groups is 2. The summed E-state index contributed by atoms with van der Waals surface area (Å²) in [5, 5.41) is 11.2. The van der Waals surface area contributed by atoms with Gasteiger partial charge < -0.3 is 10.2 Å². The highest BCUT2D eigenvalue weighted by Gasteiger charge is 2.31. The minimum absolute atomic E-state index is 0.111. The number of fused-ring (bicyclic) bond motifs is 1. The lowest BCUT2D eigenvalue weighted by Crippen LogP contribution is -2.40. The van der Waals surface area contributed by atoms with Crippen LogP contribution in [0, 0.1) is 5.92 Å². The largest absolute Gasteiger partial charge is 0.349 e. The maximum absolute atomic E-state index is 12.9. The lowest BCUT2D eigenvalue weighted by Gasteiger charge is -2.31. The molecule has 1 aliphatic carbocycles.